The van der Waals surface area contributed by atoms with E-state index in [2.05, 4.69) is 130 Å². The van der Waals surface area contributed by atoms with Crippen LogP contribution in [0.5, 0.6) is 0 Å². The van der Waals surface area contributed by atoms with Gasteiger partial charge in [0, 0.05) is 104 Å². The number of nitrogens with zero attached hydrogens (tertiary/aromatic N) is 22. The lowest BCUT2D eigenvalue weighted by molar-refractivity contribution is 0.714. The SMILES string of the molecule is Cc1ccc(C)nc1.Cc1ccc(C)nc1.Cc1ccc(C)nn1.Cc1cn(C)nn1.Cc1cnc(C)[nH]1.Cc1cnc(C)cn1.Cc1cnc(C)nc1.Cc1cnc(C)nc1.Cc1cnc(C)s1.Cc1n[nH]c(C)n1.Cc1ncn(C)n1.Cc1nnc(C)s1. The van der Waals surface area contributed by atoms with Gasteiger partial charge in [0.15, 0.2) is 0 Å². The fourth-order valence-corrected chi connectivity index (χ4v) is 6.96. The Morgan fingerprint density at radius 1 is 0.333 bits per heavy atom. The molecular weight excluding hydrogens is 1170 g/mol. The summed E-state index contributed by atoms with van der Waals surface area (Å²) in [5, 5.41) is 36.3. The van der Waals surface area contributed by atoms with E-state index in [-0.39, 0.29) is 0 Å². The van der Waals surface area contributed by atoms with Crippen molar-refractivity contribution in [1.29, 1.82) is 0 Å². The second kappa shape index (κ2) is 44.8. The predicted octanol–water partition coefficient (Wildman–Crippen LogP) is 12.4. The van der Waals surface area contributed by atoms with Gasteiger partial charge in [-0.25, -0.2) is 39.9 Å². The Morgan fingerprint density at radius 2 is 0.789 bits per heavy atom. The number of imidazole rings is 1. The fourth-order valence-electron chi connectivity index (χ4n) is 5.69. The van der Waals surface area contributed by atoms with E-state index in [0.29, 0.717) is 0 Å². The van der Waals surface area contributed by atoms with Crippen LogP contribution in [0.4, 0.5) is 0 Å². The summed E-state index contributed by atoms with van der Waals surface area (Å²) >= 11 is 3.35. The molecule has 0 spiro atoms. The van der Waals surface area contributed by atoms with Gasteiger partial charge in [0.05, 0.1) is 33.5 Å². The Labute approximate surface area is 540 Å². The molecule has 0 aliphatic rings. The maximum Gasteiger partial charge on any atom is 0.147 e. The van der Waals surface area contributed by atoms with Gasteiger partial charge < -0.3 is 4.98 Å². The van der Waals surface area contributed by atoms with E-state index >= 15 is 0 Å². The van der Waals surface area contributed by atoms with E-state index in [9.17, 15) is 0 Å². The van der Waals surface area contributed by atoms with Gasteiger partial charge in [0.1, 0.15) is 51.3 Å². The summed E-state index contributed by atoms with van der Waals surface area (Å²) in [6, 6.07) is 12.0. The second-order valence-corrected chi connectivity index (χ2v) is 23.0. The first kappa shape index (κ1) is 78.5. The van der Waals surface area contributed by atoms with E-state index in [1.165, 1.54) is 16.0 Å². The third-order valence-electron chi connectivity index (χ3n) is 10.1. The zero-order chi connectivity index (χ0) is 67.6. The molecule has 12 rings (SSSR count). The van der Waals surface area contributed by atoms with Crippen LogP contribution in [0, 0.1) is 152 Å². The van der Waals surface area contributed by atoms with E-state index < -0.39 is 0 Å². The number of thiazole rings is 1. The van der Waals surface area contributed by atoms with E-state index in [0.717, 1.165) is 107 Å². The van der Waals surface area contributed by atoms with E-state index in [4.69, 9.17) is 0 Å². The van der Waals surface area contributed by atoms with Crippen molar-refractivity contribution in [2.24, 2.45) is 14.1 Å². The molecule has 12 aromatic rings. The van der Waals surface area contributed by atoms with Gasteiger partial charge in [-0.3, -0.25) is 34.4 Å². The summed E-state index contributed by atoms with van der Waals surface area (Å²) in [5.41, 5.74) is 12.8. The number of nitrogens with one attached hydrogen (secondary N) is 2. The van der Waals surface area contributed by atoms with Gasteiger partial charge in [-0.1, -0.05) is 17.3 Å². The second-order valence-electron chi connectivity index (χ2n) is 20.1. The lowest BCUT2D eigenvalue weighted by atomic mass is 10.3. The van der Waals surface area contributed by atoms with Crippen LogP contribution in [-0.4, -0.2) is 120 Å². The molecular formula is C64H92N24S2. The Morgan fingerprint density at radius 3 is 0.967 bits per heavy atom. The quantitative estimate of drug-likeness (QED) is 0.142. The molecule has 0 aromatic carbocycles. The Hall–Kier alpha value is -9.56. The minimum absolute atomic E-state index is 0.803. The number of H-pyrrole nitrogens is 2. The lowest BCUT2D eigenvalue weighted by Gasteiger charge is -1.89. The number of aromatic amines is 2. The molecule has 0 radical (unpaired) electrons. The van der Waals surface area contributed by atoms with Crippen LogP contribution in [0.25, 0.3) is 0 Å². The Kier molecular flexibility index (Phi) is 39.1. The molecule has 0 atom stereocenters. The van der Waals surface area contributed by atoms with Crippen molar-refractivity contribution in [3.05, 3.63) is 234 Å². The summed E-state index contributed by atoms with van der Waals surface area (Å²) in [5.74, 6) is 5.14. The summed E-state index contributed by atoms with van der Waals surface area (Å²) in [7, 11) is 3.69. The zero-order valence-corrected chi connectivity index (χ0v) is 58.7. The minimum atomic E-state index is 0.803. The monoisotopic (exact) mass is 1260 g/mol. The molecule has 0 amide bonds. The van der Waals surface area contributed by atoms with Crippen molar-refractivity contribution in [2.45, 2.75) is 152 Å². The predicted molar refractivity (Wildman–Crippen MR) is 360 cm³/mol. The molecule has 24 nitrogen and oxygen atoms in total. The summed E-state index contributed by atoms with van der Waals surface area (Å²) in [6.45, 7) is 42.8. The Bertz CT molecular complexity index is 2840. The van der Waals surface area contributed by atoms with E-state index in [1.54, 1.807) is 50.8 Å². The van der Waals surface area contributed by atoms with Crippen LogP contribution in [0.2, 0.25) is 0 Å². The summed E-state index contributed by atoms with van der Waals surface area (Å²) in [6.07, 6.45) is 21.7. The van der Waals surface area contributed by atoms with Gasteiger partial charge in [-0.2, -0.15) is 20.4 Å². The number of rotatable bonds is 0. The van der Waals surface area contributed by atoms with Crippen LogP contribution >= 0.6 is 22.7 Å². The standard InChI is InChI=1S/2C7H9N.4C6H8N2.C5H8N2.C5H7NS.3C4H7N3.C4H6N2S/c2*1-6-3-4-7(2)8-5-6;1-5-3-8-6(2)4-7-5;2*1-5-3-7-6(2)8-4-5;1-5-3-4-6(2)8-7-5;2*1-4-3-6-5(2)7-4;1-4-5-3-7(2)6-4;1-4-3-7(2)6-5-4;1-3-5-4(2)7-6-3;1-3-5-6-4(2)7-3/h2*3-5H,1-2H3;4*3-4H,1-2H3;3H,1-2H3,(H,6,7);3*3H,1-2H3;1-2H3,(H,5,6,7);1-2H3. The summed E-state index contributed by atoms with van der Waals surface area (Å²) in [4.78, 5) is 52.2. The molecule has 12 aromatic heterocycles. The van der Waals surface area contributed by atoms with Gasteiger partial charge >= 0.3 is 0 Å². The van der Waals surface area contributed by atoms with Gasteiger partial charge in [0.2, 0.25) is 0 Å². The first-order valence-corrected chi connectivity index (χ1v) is 30.1. The third kappa shape index (κ3) is 43.1. The molecule has 12 heterocycles. The molecule has 480 valence electrons. The van der Waals surface area contributed by atoms with Crippen LogP contribution in [-0.2, 0) is 14.1 Å². The first-order chi connectivity index (χ1) is 42.5. The topological polar surface area (TPSA) is 299 Å². The number of pyridine rings is 2. The zero-order valence-electron chi connectivity index (χ0n) is 57.0. The maximum atomic E-state index is 4.08. The molecule has 0 bridgehead atoms. The van der Waals surface area contributed by atoms with Crippen LogP contribution in [0.1, 0.15) is 123 Å². The summed E-state index contributed by atoms with van der Waals surface area (Å²) < 4.78 is 3.35. The molecule has 0 unspecified atom stereocenters. The van der Waals surface area contributed by atoms with Gasteiger partial charge in [0.25, 0.3) is 0 Å². The van der Waals surface area contributed by atoms with Crippen LogP contribution < -0.4 is 0 Å². The molecule has 0 saturated heterocycles. The number of hydrogen-bond donors (Lipinski definition) is 2. The highest BCUT2D eigenvalue weighted by Crippen LogP contribution is 2.08. The smallest absolute Gasteiger partial charge is 0.147 e. The van der Waals surface area contributed by atoms with Crippen molar-refractivity contribution < 1.29 is 0 Å². The van der Waals surface area contributed by atoms with Crippen molar-refractivity contribution >= 4 is 22.7 Å². The van der Waals surface area contributed by atoms with Crippen LogP contribution in [0.15, 0.2) is 111 Å². The van der Waals surface area contributed by atoms with Crippen molar-refractivity contribution in [1.82, 2.24) is 120 Å². The van der Waals surface area contributed by atoms with Crippen molar-refractivity contribution in [2.75, 3.05) is 0 Å². The Balaban J connectivity index is 0.000000491. The van der Waals surface area contributed by atoms with Crippen molar-refractivity contribution in [3.63, 3.8) is 0 Å². The average Bonchev–Trinajstić information content (AvgIpc) is 4.50. The molecule has 90 heavy (non-hydrogen) atoms. The fraction of sp³-hybridized carbons (Fsp3) is 0.375. The minimum Gasteiger partial charge on any atom is -0.346 e. The average molecular weight is 1260 g/mol. The van der Waals surface area contributed by atoms with E-state index in [1.807, 2.05) is 240 Å². The molecule has 26 heteroatoms. The third-order valence-corrected chi connectivity index (χ3v) is 11.7. The highest BCUT2D eigenvalue weighted by molar-refractivity contribution is 7.11. The molecule has 0 aliphatic heterocycles. The number of hydrogen-bond acceptors (Lipinski definition) is 22. The highest BCUT2D eigenvalue weighted by atomic mass is 32.1. The maximum absolute atomic E-state index is 4.08. The normalized spacial score (nSPS) is 9.33. The first-order valence-electron chi connectivity index (χ1n) is 28.4. The van der Waals surface area contributed by atoms with Crippen LogP contribution in [0.3, 0.4) is 0 Å². The lowest BCUT2D eigenvalue weighted by Crippen LogP contribution is -1.86. The number of aromatic nitrogens is 24. The molecule has 0 saturated carbocycles. The molecule has 0 fully saturated rings. The van der Waals surface area contributed by atoms with Crippen molar-refractivity contribution in [3.8, 4) is 0 Å². The largest absolute Gasteiger partial charge is 0.346 e. The highest BCUT2D eigenvalue weighted by Gasteiger charge is 1.92. The van der Waals surface area contributed by atoms with Gasteiger partial charge in [-0.15, -0.1) is 38.0 Å². The van der Waals surface area contributed by atoms with Gasteiger partial charge in [-0.05, 0) is 199 Å². The molecule has 0 aliphatic carbocycles. The number of aryl methyl sites for hydroxylation is 24. The molecule has 2 N–H and O–H groups in total.